The highest BCUT2D eigenvalue weighted by atomic mass is 32.1. The van der Waals surface area contributed by atoms with Gasteiger partial charge in [0, 0.05) is 6.54 Å². The van der Waals surface area contributed by atoms with Crippen molar-refractivity contribution in [3.8, 4) is 5.75 Å². The predicted octanol–water partition coefficient (Wildman–Crippen LogP) is 1.38. The minimum absolute atomic E-state index is 0.693. The van der Waals surface area contributed by atoms with Crippen LogP contribution in [0, 0.1) is 0 Å². The number of nitrogens with two attached hydrogens (primary N) is 1. The molecule has 0 fully saturated rings. The van der Waals surface area contributed by atoms with Crippen LogP contribution >= 0.6 is 11.3 Å². The molecule has 0 aliphatic carbocycles. The van der Waals surface area contributed by atoms with E-state index in [0.717, 1.165) is 23.6 Å². The summed E-state index contributed by atoms with van der Waals surface area (Å²) in [5.74, 6) is 6.90. The van der Waals surface area contributed by atoms with Crippen molar-refractivity contribution in [2.24, 2.45) is 10.8 Å². The van der Waals surface area contributed by atoms with Crippen molar-refractivity contribution in [2.75, 3.05) is 13.7 Å². The zero-order valence-electron chi connectivity index (χ0n) is 8.41. The average molecular weight is 213 g/mol. The van der Waals surface area contributed by atoms with Crippen LogP contribution in [0.25, 0.3) is 0 Å². The fourth-order valence-corrected chi connectivity index (χ4v) is 1.87. The molecule has 0 aromatic carbocycles. The molecule has 4 nitrogen and oxygen atoms in total. The maximum atomic E-state index is 5.40. The second kappa shape index (κ2) is 5.62. The molecular formula is C9H15N3OS. The molecule has 0 saturated carbocycles. The summed E-state index contributed by atoms with van der Waals surface area (Å²) in [6.07, 6.45) is 0.999. The molecule has 5 heteroatoms. The molecule has 0 spiro atoms. The Bertz CT molecular complexity index is 309. The molecule has 0 radical (unpaired) electrons. The van der Waals surface area contributed by atoms with E-state index in [0.29, 0.717) is 5.84 Å². The van der Waals surface area contributed by atoms with Gasteiger partial charge in [-0.2, -0.15) is 0 Å². The van der Waals surface area contributed by atoms with Crippen LogP contribution in [-0.4, -0.2) is 19.5 Å². The smallest absolute Gasteiger partial charge is 0.156 e. The standard InChI is InChI=1S/C9H15N3OS/c1-3-5-11-9(12-10)8-7(13-2)4-6-14-8/h4,6H,3,5,10H2,1-2H3,(H,11,12). The molecule has 0 aliphatic rings. The van der Waals surface area contributed by atoms with Crippen molar-refractivity contribution < 1.29 is 4.74 Å². The summed E-state index contributed by atoms with van der Waals surface area (Å²) in [5.41, 5.74) is 2.59. The molecule has 0 bridgehead atoms. The molecular weight excluding hydrogens is 198 g/mol. The fraction of sp³-hybridized carbons (Fsp3) is 0.444. The summed E-state index contributed by atoms with van der Waals surface area (Å²) in [6, 6.07) is 1.90. The van der Waals surface area contributed by atoms with Crippen molar-refractivity contribution in [3.63, 3.8) is 0 Å². The molecule has 0 atom stereocenters. The largest absolute Gasteiger partial charge is 0.495 e. The lowest BCUT2D eigenvalue weighted by atomic mass is 10.4. The van der Waals surface area contributed by atoms with Crippen LogP contribution in [0.15, 0.2) is 16.4 Å². The lowest BCUT2D eigenvalue weighted by Gasteiger charge is -2.05. The van der Waals surface area contributed by atoms with E-state index < -0.39 is 0 Å². The second-order valence-electron chi connectivity index (χ2n) is 2.69. The molecule has 1 rings (SSSR count). The lowest BCUT2D eigenvalue weighted by Crippen LogP contribution is -2.31. The van der Waals surface area contributed by atoms with E-state index in [1.165, 1.54) is 0 Å². The number of thiophene rings is 1. The van der Waals surface area contributed by atoms with Crippen LogP contribution in [0.3, 0.4) is 0 Å². The van der Waals surface area contributed by atoms with Gasteiger partial charge in [0.25, 0.3) is 0 Å². The molecule has 14 heavy (non-hydrogen) atoms. The molecule has 1 aromatic heterocycles. The van der Waals surface area contributed by atoms with Gasteiger partial charge >= 0.3 is 0 Å². The zero-order chi connectivity index (χ0) is 10.4. The molecule has 0 amide bonds. The van der Waals surface area contributed by atoms with E-state index in [2.05, 4.69) is 17.3 Å². The minimum Gasteiger partial charge on any atom is -0.495 e. The molecule has 78 valence electrons. The van der Waals surface area contributed by atoms with Gasteiger partial charge in [-0.15, -0.1) is 11.3 Å². The van der Waals surface area contributed by atoms with Gasteiger partial charge in [-0.25, -0.2) is 5.84 Å². The predicted molar refractivity (Wildman–Crippen MR) is 59.9 cm³/mol. The van der Waals surface area contributed by atoms with E-state index in [4.69, 9.17) is 10.6 Å². The van der Waals surface area contributed by atoms with Gasteiger partial charge in [0.05, 0.1) is 7.11 Å². The summed E-state index contributed by atoms with van der Waals surface area (Å²) in [6.45, 7) is 2.84. The monoisotopic (exact) mass is 213 g/mol. The number of methoxy groups -OCH3 is 1. The molecule has 0 saturated heterocycles. The molecule has 3 N–H and O–H groups in total. The maximum Gasteiger partial charge on any atom is 0.156 e. The normalized spacial score (nSPS) is 11.5. The Hall–Kier alpha value is -1.07. The Morgan fingerprint density at radius 1 is 1.71 bits per heavy atom. The number of ether oxygens (including phenoxy) is 1. The number of aliphatic imine (C=N–C) groups is 1. The number of nitrogens with one attached hydrogen (secondary N) is 1. The van der Waals surface area contributed by atoms with Gasteiger partial charge < -0.3 is 10.2 Å². The lowest BCUT2D eigenvalue weighted by molar-refractivity contribution is 0.416. The van der Waals surface area contributed by atoms with E-state index >= 15 is 0 Å². The third kappa shape index (κ3) is 2.46. The first-order chi connectivity index (χ1) is 6.83. The van der Waals surface area contributed by atoms with Gasteiger partial charge in [-0.05, 0) is 17.9 Å². The number of hydrogen-bond acceptors (Lipinski definition) is 4. The SMILES string of the molecule is CCCN=C(NN)c1sccc1OC. The van der Waals surface area contributed by atoms with Gasteiger partial charge in [0.15, 0.2) is 5.84 Å². The summed E-state index contributed by atoms with van der Waals surface area (Å²) >= 11 is 1.56. The molecule has 1 heterocycles. The third-order valence-electron chi connectivity index (χ3n) is 1.69. The summed E-state index contributed by atoms with van der Waals surface area (Å²) in [4.78, 5) is 5.27. The summed E-state index contributed by atoms with van der Waals surface area (Å²) < 4.78 is 5.18. The highest BCUT2D eigenvalue weighted by Crippen LogP contribution is 2.24. The van der Waals surface area contributed by atoms with Crippen LogP contribution in [0.4, 0.5) is 0 Å². The van der Waals surface area contributed by atoms with Crippen molar-refractivity contribution in [1.82, 2.24) is 5.43 Å². The first kappa shape index (κ1) is 11.0. The first-order valence-electron chi connectivity index (χ1n) is 4.46. The van der Waals surface area contributed by atoms with Crippen LogP contribution in [-0.2, 0) is 0 Å². The maximum absolute atomic E-state index is 5.40. The quantitative estimate of drug-likeness (QED) is 0.344. The van der Waals surface area contributed by atoms with Gasteiger partial charge in [-0.3, -0.25) is 4.99 Å². The van der Waals surface area contributed by atoms with Gasteiger partial charge in [0.1, 0.15) is 10.6 Å². The number of hydrogen-bond donors (Lipinski definition) is 2. The van der Waals surface area contributed by atoms with Crippen LogP contribution in [0.1, 0.15) is 18.2 Å². The summed E-state index contributed by atoms with van der Waals surface area (Å²) in [5, 5.41) is 1.95. The topological polar surface area (TPSA) is 59.6 Å². The van der Waals surface area contributed by atoms with Crippen LogP contribution in [0.2, 0.25) is 0 Å². The Morgan fingerprint density at radius 3 is 3.07 bits per heavy atom. The van der Waals surface area contributed by atoms with E-state index in [1.54, 1.807) is 18.4 Å². The number of rotatable bonds is 4. The Kier molecular flexibility index (Phi) is 4.42. The Balaban J connectivity index is 2.88. The molecule has 0 aliphatic heterocycles. The van der Waals surface area contributed by atoms with Crippen molar-refractivity contribution in [2.45, 2.75) is 13.3 Å². The third-order valence-corrected chi connectivity index (χ3v) is 2.60. The van der Waals surface area contributed by atoms with E-state index in [-0.39, 0.29) is 0 Å². The Morgan fingerprint density at radius 2 is 2.50 bits per heavy atom. The summed E-state index contributed by atoms with van der Waals surface area (Å²) in [7, 11) is 1.64. The van der Waals surface area contributed by atoms with Crippen molar-refractivity contribution >= 4 is 17.2 Å². The number of amidine groups is 1. The first-order valence-corrected chi connectivity index (χ1v) is 5.34. The second-order valence-corrected chi connectivity index (χ2v) is 3.61. The van der Waals surface area contributed by atoms with Gasteiger partial charge in [0.2, 0.25) is 0 Å². The molecule has 1 aromatic rings. The van der Waals surface area contributed by atoms with E-state index in [1.807, 2.05) is 11.4 Å². The minimum atomic E-state index is 0.693. The van der Waals surface area contributed by atoms with Crippen molar-refractivity contribution in [3.05, 3.63) is 16.3 Å². The number of nitrogens with zero attached hydrogens (tertiary/aromatic N) is 1. The van der Waals surface area contributed by atoms with Gasteiger partial charge in [-0.1, -0.05) is 6.92 Å². The van der Waals surface area contributed by atoms with Crippen LogP contribution in [0.5, 0.6) is 5.75 Å². The average Bonchev–Trinajstić information content (AvgIpc) is 2.67. The fourth-order valence-electron chi connectivity index (χ4n) is 1.04. The van der Waals surface area contributed by atoms with Crippen LogP contribution < -0.4 is 16.0 Å². The highest BCUT2D eigenvalue weighted by Gasteiger charge is 2.09. The zero-order valence-corrected chi connectivity index (χ0v) is 9.23. The Labute approximate surface area is 87.8 Å². The van der Waals surface area contributed by atoms with E-state index in [9.17, 15) is 0 Å². The van der Waals surface area contributed by atoms with Crippen molar-refractivity contribution in [1.29, 1.82) is 0 Å². The number of hydrazine groups is 1. The molecule has 0 unspecified atom stereocenters. The highest BCUT2D eigenvalue weighted by molar-refractivity contribution is 7.12.